The van der Waals surface area contributed by atoms with Crippen molar-refractivity contribution >= 4 is 35.8 Å². The number of esters is 6. The predicted octanol–water partition coefficient (Wildman–Crippen LogP) is 21.1. The second-order valence-corrected chi connectivity index (χ2v) is 36.7. The minimum atomic E-state index is -0.371. The lowest BCUT2D eigenvalue weighted by molar-refractivity contribution is -0.170. The van der Waals surface area contributed by atoms with Crippen molar-refractivity contribution in [2.75, 3.05) is 0 Å². The van der Waals surface area contributed by atoms with Crippen molar-refractivity contribution in [1.82, 2.24) is 0 Å². The lowest BCUT2D eigenvalue weighted by Gasteiger charge is -2.37. The summed E-state index contributed by atoms with van der Waals surface area (Å²) in [7, 11) is 0. The highest BCUT2D eigenvalue weighted by molar-refractivity contribution is 5.79. The molecule has 0 radical (unpaired) electrons. The Kier molecular flexibility index (Phi) is 24.5. The van der Waals surface area contributed by atoms with Gasteiger partial charge in [0.2, 0.25) is 0 Å². The smallest absolute Gasteiger partial charge is 0.313 e. The van der Waals surface area contributed by atoms with E-state index < -0.39 is 0 Å². The molecule has 0 saturated heterocycles. The summed E-state index contributed by atoms with van der Waals surface area (Å²) >= 11 is 0. The van der Waals surface area contributed by atoms with Gasteiger partial charge >= 0.3 is 35.8 Å². The Bertz CT molecular complexity index is 3420. The van der Waals surface area contributed by atoms with Gasteiger partial charge in [-0.15, -0.1) is 0 Å². The SMILES string of the molecule is CC1(OC(=O)C2(C)CC3C=CC2C3)C=CCCC1.CC1(OC(=O)C2CC3C=CC2C3)C=CCCC1.CCC1(OC(=O)C2CC3C=CC2C3)C=CCC1.CCC1(OC(=O)C2CC3C=CC2C3)C=CCCC1.CCC1(OC(=O)C2CC3C=CC2C3)CCCC1.CCC1(OC(=O)C2CC3C=CC2C3)CCCCC1. The number of hydrogen-bond donors (Lipinski definition) is 0. The van der Waals surface area contributed by atoms with E-state index in [1.165, 1.54) is 44.9 Å². The van der Waals surface area contributed by atoms with Crippen molar-refractivity contribution < 1.29 is 57.2 Å². The number of rotatable bonds is 16. The quantitative estimate of drug-likeness (QED) is 0.0819. The van der Waals surface area contributed by atoms with Crippen LogP contribution in [0.4, 0.5) is 0 Å². The van der Waals surface area contributed by atoms with Crippen molar-refractivity contribution in [3.63, 3.8) is 0 Å². The van der Waals surface area contributed by atoms with Gasteiger partial charge in [0.25, 0.3) is 0 Å². The van der Waals surface area contributed by atoms with E-state index in [-0.39, 0.29) is 104 Å². The summed E-state index contributed by atoms with van der Waals surface area (Å²) in [5.41, 5.74) is -1.83. The highest BCUT2D eigenvalue weighted by Gasteiger charge is 2.54. The van der Waals surface area contributed by atoms with Gasteiger partial charge in [0.05, 0.1) is 35.0 Å². The van der Waals surface area contributed by atoms with Crippen molar-refractivity contribution in [2.45, 2.75) is 313 Å². The fraction of sp³-hybridized carbons (Fsp3) is 0.720. The normalized spacial score (nSPS) is 41.1. The molecule has 0 N–H and O–H groups in total. The van der Waals surface area contributed by atoms with Crippen LogP contribution in [0.2, 0.25) is 0 Å². The Morgan fingerprint density at radius 3 is 0.952 bits per heavy atom. The first kappa shape index (κ1) is 77.4. The Labute approximate surface area is 630 Å². The summed E-state index contributed by atoms with van der Waals surface area (Å²) in [5, 5.41) is 0. The van der Waals surface area contributed by atoms with E-state index in [4.69, 9.17) is 28.4 Å². The summed E-state index contributed by atoms with van der Waals surface area (Å²) < 4.78 is 35.2. The maximum Gasteiger partial charge on any atom is 0.313 e. The van der Waals surface area contributed by atoms with Crippen molar-refractivity contribution in [2.24, 2.45) is 106 Å². The second-order valence-electron chi connectivity index (χ2n) is 36.7. The largest absolute Gasteiger partial charge is 0.459 e. The monoisotopic (exact) mass is 1440 g/mol. The van der Waals surface area contributed by atoms with E-state index in [1.807, 2.05) is 13.8 Å². The standard InChI is InChI=1S/C16H22O2.C16H24O2.C16H22O2.C15H20O2.C15H22O2.C15H20O2/c1-15(8-4-3-5-9-15)18-14(17)16(2)11-12-6-7-13(16)10-12;2*1-2-16(8-4-3-5-9-16)18-15(17)14-11-12-6-7-13(14)10-12;1-15(7-3-2-4-8-15)17-14(16)13-10-11-5-6-12(13)9-11;2*1-2-15(7-3-4-8-15)17-14(16)13-10-11-5-6-12(13)9-11/h4,6-8,12-13H,3,5,9-11H2,1-2H3;6-7,12-14H,2-5,8-11H2,1H3;4,6-8,12-14H,2-3,5,9-11H2,1H3;3,5-7,11-13H,2,4,8-10H2,1H3;5-6,11-13H,2-4,7-10H2,1H3;3,5-7,11-13H,2,4,8-10H2,1H3. The van der Waals surface area contributed by atoms with Gasteiger partial charge in [0.1, 0.15) is 33.6 Å². The van der Waals surface area contributed by atoms with Gasteiger partial charge < -0.3 is 28.4 Å². The number of carbonyl (C=O) groups excluding carboxylic acids is 6. The summed E-state index contributed by atoms with van der Waals surface area (Å²) in [4.78, 5) is 74.1. The lowest BCUT2D eigenvalue weighted by Crippen LogP contribution is -2.40. The predicted molar refractivity (Wildman–Crippen MR) is 412 cm³/mol. The summed E-state index contributed by atoms with van der Waals surface area (Å²) in [6.45, 7) is 14.7. The van der Waals surface area contributed by atoms with Crippen LogP contribution in [0.3, 0.4) is 0 Å². The number of ether oxygens (including phenoxy) is 6. The zero-order valence-electron chi connectivity index (χ0n) is 65.2. The maximum absolute atomic E-state index is 12.5. The molecule has 0 aromatic heterocycles. The first-order valence-electron chi connectivity index (χ1n) is 42.8. The third-order valence-electron chi connectivity index (χ3n) is 29.3. The van der Waals surface area contributed by atoms with Gasteiger partial charge in [-0.3, -0.25) is 28.8 Å². The van der Waals surface area contributed by atoms with Crippen molar-refractivity contribution in [3.8, 4) is 0 Å². The Balaban J connectivity index is 0.000000112. The molecule has 0 aliphatic heterocycles. The van der Waals surface area contributed by atoms with E-state index in [9.17, 15) is 28.8 Å². The van der Waals surface area contributed by atoms with Crippen LogP contribution in [-0.4, -0.2) is 69.4 Å². The molecule has 0 amide bonds. The molecule has 18 aliphatic rings. The molecule has 0 heterocycles. The van der Waals surface area contributed by atoms with E-state index in [1.54, 1.807) is 0 Å². The Morgan fingerprint density at radius 1 is 0.305 bits per heavy atom. The third-order valence-corrected chi connectivity index (χ3v) is 29.3. The lowest BCUT2D eigenvalue weighted by atomic mass is 9.77. The van der Waals surface area contributed by atoms with Gasteiger partial charge in [-0.1, -0.05) is 131 Å². The van der Waals surface area contributed by atoms with E-state index in [0.29, 0.717) is 71.0 Å². The fourth-order valence-corrected chi connectivity index (χ4v) is 22.3. The molecule has 18 aliphatic carbocycles. The van der Waals surface area contributed by atoms with Crippen LogP contribution in [0.25, 0.3) is 0 Å². The highest BCUT2D eigenvalue weighted by atomic mass is 16.6. The number of hydrogen-bond acceptors (Lipinski definition) is 12. The molecular formula is C93H130O12. The van der Waals surface area contributed by atoms with Gasteiger partial charge in [-0.05, 0) is 341 Å². The molecule has 8 saturated carbocycles. The molecule has 0 aromatic rings. The molecule has 12 bridgehead atoms. The summed E-state index contributed by atoms with van der Waals surface area (Å²) in [5.74, 6) is 7.47. The van der Waals surface area contributed by atoms with Crippen LogP contribution in [0.15, 0.2) is 122 Å². The summed E-state index contributed by atoms with van der Waals surface area (Å²) in [6, 6.07) is 0. The van der Waals surface area contributed by atoms with E-state index in [2.05, 4.69) is 156 Å². The first-order valence-corrected chi connectivity index (χ1v) is 42.8. The zero-order chi connectivity index (χ0) is 73.6. The molecule has 22 atom stereocenters. The van der Waals surface area contributed by atoms with Crippen molar-refractivity contribution in [1.29, 1.82) is 0 Å². The minimum absolute atomic E-state index is 0.00778. The number of carbonyl (C=O) groups is 6. The van der Waals surface area contributed by atoms with Gasteiger partial charge in [0.15, 0.2) is 0 Å². The number of fused-ring (bicyclic) bond motifs is 12. The van der Waals surface area contributed by atoms with Gasteiger partial charge in [-0.2, -0.15) is 0 Å². The second kappa shape index (κ2) is 33.2. The van der Waals surface area contributed by atoms with Crippen LogP contribution >= 0.6 is 0 Å². The number of allylic oxidation sites excluding steroid dienone is 16. The zero-order valence-corrected chi connectivity index (χ0v) is 65.2. The van der Waals surface area contributed by atoms with Crippen molar-refractivity contribution in [3.05, 3.63) is 122 Å². The van der Waals surface area contributed by atoms with Crippen LogP contribution in [0.5, 0.6) is 0 Å². The molecule has 574 valence electrons. The molecule has 22 unspecified atom stereocenters. The van der Waals surface area contributed by atoms with E-state index >= 15 is 0 Å². The average Bonchev–Trinajstić information content (AvgIpc) is 1.63. The van der Waals surface area contributed by atoms with E-state index in [0.717, 1.165) is 186 Å². The topological polar surface area (TPSA) is 158 Å². The average molecular weight is 1440 g/mol. The molecular weight excluding hydrogens is 1310 g/mol. The third kappa shape index (κ3) is 17.9. The molecule has 8 fully saturated rings. The van der Waals surface area contributed by atoms with Crippen LogP contribution in [0.1, 0.15) is 280 Å². The van der Waals surface area contributed by atoms with Gasteiger partial charge in [0, 0.05) is 0 Å². The fourth-order valence-electron chi connectivity index (χ4n) is 22.3. The highest BCUT2D eigenvalue weighted by Crippen LogP contribution is 2.55. The molecule has 0 aromatic carbocycles. The maximum atomic E-state index is 12.5. The molecule has 0 spiro atoms. The molecule has 105 heavy (non-hydrogen) atoms. The van der Waals surface area contributed by atoms with Crippen LogP contribution in [0, 0.1) is 106 Å². The molecule has 18 rings (SSSR count). The summed E-state index contributed by atoms with van der Waals surface area (Å²) in [6.07, 6.45) is 82.7. The first-order chi connectivity index (χ1) is 50.6. The minimum Gasteiger partial charge on any atom is -0.459 e. The Hall–Kier alpha value is -5.78. The van der Waals surface area contributed by atoms with Crippen LogP contribution in [-0.2, 0) is 57.2 Å². The molecule has 12 nitrogen and oxygen atoms in total. The molecule has 12 heteroatoms. The van der Waals surface area contributed by atoms with Gasteiger partial charge in [-0.25, -0.2) is 0 Å². The Morgan fingerprint density at radius 2 is 0.648 bits per heavy atom. The van der Waals surface area contributed by atoms with Crippen LogP contribution < -0.4 is 0 Å².